The van der Waals surface area contributed by atoms with E-state index in [0.717, 1.165) is 66.7 Å². The molecule has 0 spiro atoms. The largest absolute Gasteiger partial charge is 0.481 e. The number of carboxylic acid groups (broad SMARTS) is 1. The third kappa shape index (κ3) is 9.25. The Labute approximate surface area is 399 Å². The second-order valence-corrected chi connectivity index (χ2v) is 29.2. The highest BCUT2D eigenvalue weighted by Crippen LogP contribution is 2.46. The number of carbonyl (C=O) groups is 1. The molecule has 0 saturated carbocycles. The van der Waals surface area contributed by atoms with Crippen molar-refractivity contribution >= 4 is 66.0 Å². The standard InChI is InChI=1S/C49H58N4O11S3Si/c1-31-26-48(2,3)53(29-33-12-9-10-13-42(33)67(62,63)64)40-24-43-38(22-36(31)40)46(47-50(6)20-21-51(47)19-11-14-45(54)55)39-23-37-34(30-65(56,57)58)27-49(4,5)52(41(37)25-44(39)68(43,7)8)28-32-15-17-35(18-16-32)66(59,60)61/h9-10,12-13,15-18,20-25,31,34H,11,14,19,26-30H2,1-8H3,(H2-2,54,55,56,57,58,59,60,61,62,63,64)/p+2. The van der Waals surface area contributed by atoms with Crippen LogP contribution in [-0.4, -0.2) is 79.5 Å². The fraction of sp³-hybridized carbons (Fsp3) is 0.408. The molecule has 8 rings (SSSR count). The number of imidazole rings is 1. The van der Waals surface area contributed by atoms with E-state index in [1.165, 1.54) is 18.2 Å². The lowest BCUT2D eigenvalue weighted by molar-refractivity contribution is -0.673. The first kappa shape index (κ1) is 49.4. The number of fused-ring (bicyclic) bond motifs is 4. The summed E-state index contributed by atoms with van der Waals surface area (Å²) < 4.78 is 112. The molecular formula is C49H60N4O11S3Si+2. The molecule has 19 heteroatoms. The van der Waals surface area contributed by atoms with Gasteiger partial charge >= 0.3 is 5.97 Å². The van der Waals surface area contributed by atoms with Crippen LogP contribution in [0.25, 0.3) is 5.57 Å². The summed E-state index contributed by atoms with van der Waals surface area (Å²) >= 11 is 0. The molecule has 4 N–H and O–H groups in total. The van der Waals surface area contributed by atoms with Crippen molar-refractivity contribution in [3.05, 3.63) is 129 Å². The number of hydrogen-bond donors (Lipinski definition) is 4. The average molecular weight is 1010 g/mol. The first-order valence-electron chi connectivity index (χ1n) is 22.6. The van der Waals surface area contributed by atoms with E-state index < -0.39 is 67.1 Å². The summed E-state index contributed by atoms with van der Waals surface area (Å²) in [4.78, 5) is 13.6. The minimum absolute atomic E-state index is 0.0316. The number of hydrogen-bond acceptors (Lipinski definition) is 8. The molecule has 2 atom stereocenters. The van der Waals surface area contributed by atoms with Crippen LogP contribution >= 0.6 is 0 Å². The summed E-state index contributed by atoms with van der Waals surface area (Å²) in [5.74, 6) is -1.15. The van der Waals surface area contributed by atoms with Gasteiger partial charge in [0.25, 0.3) is 36.2 Å². The Morgan fingerprint density at radius 1 is 0.853 bits per heavy atom. The molecule has 3 aliphatic heterocycles. The highest BCUT2D eigenvalue weighted by Gasteiger charge is 2.47. The fourth-order valence-corrected chi connectivity index (χ4v) is 16.3. The number of anilines is 1. The Morgan fingerprint density at radius 2 is 1.53 bits per heavy atom. The minimum Gasteiger partial charge on any atom is -0.481 e. The van der Waals surface area contributed by atoms with Crippen LogP contribution in [0, 0.1) is 0 Å². The van der Waals surface area contributed by atoms with Crippen LogP contribution in [-0.2, 0) is 61.8 Å². The van der Waals surface area contributed by atoms with Crippen LogP contribution in [0.15, 0.2) is 95.0 Å². The molecule has 0 saturated heterocycles. The maximum atomic E-state index is 12.9. The lowest BCUT2D eigenvalue weighted by atomic mass is 9.78. The Balaban J connectivity index is 1.47. The van der Waals surface area contributed by atoms with Crippen molar-refractivity contribution in [2.75, 3.05) is 10.7 Å². The number of nitrogens with zero attached hydrogens (tertiary/aromatic N) is 4. The van der Waals surface area contributed by atoms with Crippen LogP contribution in [0.3, 0.4) is 0 Å². The highest BCUT2D eigenvalue weighted by atomic mass is 32.2. The Morgan fingerprint density at radius 3 is 2.16 bits per heavy atom. The topological polar surface area (TPSA) is 215 Å². The van der Waals surface area contributed by atoms with Crippen molar-refractivity contribution in [3.8, 4) is 0 Å². The Bertz CT molecular complexity index is 3380. The number of carboxylic acids is 1. The quantitative estimate of drug-likeness (QED) is 0.0743. The maximum Gasteiger partial charge on any atom is 0.303 e. The van der Waals surface area contributed by atoms with E-state index in [4.69, 9.17) is 0 Å². The number of rotatable bonds is 13. The molecule has 0 amide bonds. The van der Waals surface area contributed by atoms with Gasteiger partial charge in [-0.1, -0.05) is 50.3 Å². The SMILES string of the molecule is CC1CC(C)(C)N(Cc2ccccc2S(=O)(=O)O)c2cc3c(cc21)C(c1n(CCCC(=O)O)cc[n+]1C)=c1cc2c(cc1[Si]3(C)C)=[N+](Cc1ccc(S(=O)(=O)O)cc1)C(C)(C)CC2CS(=O)(=O)O. The molecule has 0 radical (unpaired) electrons. The van der Waals surface area contributed by atoms with E-state index in [-0.39, 0.29) is 28.7 Å². The van der Waals surface area contributed by atoms with Crippen molar-refractivity contribution in [1.82, 2.24) is 9.14 Å². The van der Waals surface area contributed by atoms with Crippen LogP contribution in [0.4, 0.5) is 5.69 Å². The van der Waals surface area contributed by atoms with Gasteiger partial charge in [-0.25, -0.2) is 13.7 Å². The molecule has 1 aromatic heterocycles. The number of benzene rings is 4. The van der Waals surface area contributed by atoms with Gasteiger partial charge < -0.3 is 10.0 Å². The van der Waals surface area contributed by atoms with Gasteiger partial charge in [0.15, 0.2) is 12.1 Å². The number of aryl methyl sites for hydroxylation is 2. The summed E-state index contributed by atoms with van der Waals surface area (Å²) in [5, 5.41) is 13.5. The summed E-state index contributed by atoms with van der Waals surface area (Å²) in [7, 11) is -14.3. The number of aromatic nitrogens is 2. The fourth-order valence-electron chi connectivity index (χ4n) is 11.3. The predicted molar refractivity (Wildman–Crippen MR) is 262 cm³/mol. The van der Waals surface area contributed by atoms with Crippen molar-refractivity contribution in [3.63, 3.8) is 0 Å². The molecule has 3 aliphatic rings. The van der Waals surface area contributed by atoms with Gasteiger partial charge in [-0.2, -0.15) is 25.3 Å². The molecule has 0 bridgehead atoms. The molecule has 0 fully saturated rings. The molecule has 4 heterocycles. The van der Waals surface area contributed by atoms with E-state index in [9.17, 15) is 48.8 Å². The lowest BCUT2D eigenvalue weighted by Gasteiger charge is -2.49. The molecule has 0 aliphatic carbocycles. The summed E-state index contributed by atoms with van der Waals surface area (Å²) in [6.45, 7) is 16.0. The molecule has 68 heavy (non-hydrogen) atoms. The van der Waals surface area contributed by atoms with Crippen molar-refractivity contribution in [1.29, 1.82) is 0 Å². The van der Waals surface area contributed by atoms with E-state index in [1.807, 2.05) is 37.9 Å². The second kappa shape index (κ2) is 17.1. The van der Waals surface area contributed by atoms with Crippen LogP contribution in [0.5, 0.6) is 0 Å². The van der Waals surface area contributed by atoms with Crippen molar-refractivity contribution in [2.24, 2.45) is 7.05 Å². The summed E-state index contributed by atoms with van der Waals surface area (Å²) in [6.07, 6.45) is 5.30. The van der Waals surface area contributed by atoms with Crippen LogP contribution < -0.4 is 35.0 Å². The highest BCUT2D eigenvalue weighted by molar-refractivity contribution is 7.86. The van der Waals surface area contributed by atoms with Crippen LogP contribution in [0.1, 0.15) is 106 Å². The molecule has 4 aromatic carbocycles. The zero-order chi connectivity index (χ0) is 49.7. The minimum atomic E-state index is -4.54. The zero-order valence-corrected chi connectivity index (χ0v) is 43.0. The molecular weight excluding hydrogens is 945 g/mol. The predicted octanol–water partition coefficient (Wildman–Crippen LogP) is 4.19. The van der Waals surface area contributed by atoms with Gasteiger partial charge in [0, 0.05) is 53.7 Å². The van der Waals surface area contributed by atoms with E-state index in [1.54, 1.807) is 30.3 Å². The molecule has 362 valence electrons. The van der Waals surface area contributed by atoms with Gasteiger partial charge in [0.05, 0.1) is 34.7 Å². The van der Waals surface area contributed by atoms with E-state index in [2.05, 4.69) is 72.2 Å². The third-order valence-electron chi connectivity index (χ3n) is 14.4. The lowest BCUT2D eigenvalue weighted by Crippen LogP contribution is -2.66. The first-order chi connectivity index (χ1) is 31.5. The van der Waals surface area contributed by atoms with E-state index >= 15 is 0 Å². The Kier molecular flexibility index (Phi) is 12.4. The second-order valence-electron chi connectivity index (χ2n) is 20.6. The monoisotopic (exact) mass is 1000 g/mol. The average Bonchev–Trinajstić information content (AvgIpc) is 3.57. The molecule has 5 aromatic rings. The van der Waals surface area contributed by atoms with Gasteiger partial charge in [-0.3, -0.25) is 18.5 Å². The van der Waals surface area contributed by atoms with E-state index in [0.29, 0.717) is 31.5 Å². The van der Waals surface area contributed by atoms with Crippen molar-refractivity contribution < 1.29 is 53.4 Å². The third-order valence-corrected chi connectivity index (χ3v) is 20.6. The normalized spacial score (nSPS) is 19.5. The summed E-state index contributed by atoms with van der Waals surface area (Å²) in [6, 6.07) is 21.3. The van der Waals surface area contributed by atoms with Crippen LogP contribution in [0.2, 0.25) is 13.1 Å². The smallest absolute Gasteiger partial charge is 0.303 e. The Hall–Kier alpha value is -5.02. The first-order valence-corrected chi connectivity index (χ1v) is 30.1. The van der Waals surface area contributed by atoms with Gasteiger partial charge in [-0.05, 0) is 115 Å². The maximum absolute atomic E-state index is 12.9. The van der Waals surface area contributed by atoms with Gasteiger partial charge in [0.2, 0.25) is 5.36 Å². The zero-order valence-electron chi connectivity index (χ0n) is 39.6. The summed E-state index contributed by atoms with van der Waals surface area (Å²) in [5.41, 5.74) is 4.70. The molecule has 2 unspecified atom stereocenters. The van der Waals surface area contributed by atoms with Gasteiger partial charge in [0.1, 0.15) is 20.5 Å². The van der Waals surface area contributed by atoms with Crippen molar-refractivity contribution in [2.45, 2.75) is 126 Å². The van der Waals surface area contributed by atoms with Gasteiger partial charge in [-0.15, -0.1) is 0 Å². The number of aliphatic carboxylic acids is 1. The molecule has 15 nitrogen and oxygen atoms in total.